The van der Waals surface area contributed by atoms with E-state index in [1.54, 1.807) is 0 Å². The second-order valence-electron chi connectivity index (χ2n) is 2.20. The van der Waals surface area contributed by atoms with Crippen LogP contribution < -0.4 is 0 Å². The topological polar surface area (TPSA) is 9.23 Å². The normalized spacial score (nSPS) is 25.6. The summed E-state index contributed by atoms with van der Waals surface area (Å²) < 4.78 is 5.16. The molecule has 1 atom stereocenters. The molecule has 0 aromatic heterocycles. The number of hydrogen-bond donors (Lipinski definition) is 0. The van der Waals surface area contributed by atoms with Gasteiger partial charge in [0, 0.05) is 0 Å². The Bertz CT molecular complexity index is 116. The predicted octanol–water partition coefficient (Wildman–Crippen LogP) is 2.26. The van der Waals surface area contributed by atoms with Crippen LogP contribution in [0.2, 0.25) is 0 Å². The molecular formula is C8H12O. The van der Waals surface area contributed by atoms with Crippen LogP contribution in [0.25, 0.3) is 0 Å². The molecule has 0 saturated heterocycles. The van der Waals surface area contributed by atoms with E-state index in [1.807, 2.05) is 0 Å². The lowest BCUT2D eigenvalue weighted by molar-refractivity contribution is 0.172. The Morgan fingerprint density at radius 3 is 3.11 bits per heavy atom. The number of rotatable bonds is 2. The lowest BCUT2D eigenvalue weighted by atomic mass is 10.1. The van der Waals surface area contributed by atoms with Crippen LogP contribution in [-0.2, 0) is 4.74 Å². The SMILES string of the molecule is C=COC1C=CCCC1. The van der Waals surface area contributed by atoms with Crippen LogP contribution in [0.3, 0.4) is 0 Å². The fraction of sp³-hybridized carbons (Fsp3) is 0.500. The molecule has 1 nitrogen and oxygen atoms in total. The summed E-state index contributed by atoms with van der Waals surface area (Å²) in [7, 11) is 0. The van der Waals surface area contributed by atoms with Crippen LogP contribution in [0.15, 0.2) is 25.0 Å². The maximum Gasteiger partial charge on any atom is 0.116 e. The average Bonchev–Trinajstić information content (AvgIpc) is 1.91. The third-order valence-electron chi connectivity index (χ3n) is 1.48. The number of allylic oxidation sites excluding steroid dienone is 1. The lowest BCUT2D eigenvalue weighted by Gasteiger charge is -2.14. The summed E-state index contributed by atoms with van der Waals surface area (Å²) in [6.45, 7) is 3.50. The fourth-order valence-corrected chi connectivity index (χ4v) is 1.02. The van der Waals surface area contributed by atoms with Crippen LogP contribution in [0.5, 0.6) is 0 Å². The molecule has 9 heavy (non-hydrogen) atoms. The molecule has 1 rings (SSSR count). The summed E-state index contributed by atoms with van der Waals surface area (Å²) in [4.78, 5) is 0. The highest BCUT2D eigenvalue weighted by Gasteiger charge is 2.05. The minimum absolute atomic E-state index is 0.302. The molecule has 0 bridgehead atoms. The molecule has 0 N–H and O–H groups in total. The molecule has 0 radical (unpaired) electrons. The molecule has 50 valence electrons. The predicted molar refractivity (Wildman–Crippen MR) is 38.1 cm³/mol. The van der Waals surface area contributed by atoms with Crippen LogP contribution in [0.4, 0.5) is 0 Å². The maximum atomic E-state index is 5.16. The van der Waals surface area contributed by atoms with Gasteiger partial charge in [-0.1, -0.05) is 12.7 Å². The molecule has 1 aliphatic carbocycles. The standard InChI is InChI=1S/C8H12O/c1-2-9-8-6-4-3-5-7-8/h2,4,6,8H,1,3,5,7H2. The average molecular weight is 124 g/mol. The van der Waals surface area contributed by atoms with Crippen molar-refractivity contribution in [3.63, 3.8) is 0 Å². The van der Waals surface area contributed by atoms with Gasteiger partial charge in [-0.25, -0.2) is 0 Å². The number of hydrogen-bond acceptors (Lipinski definition) is 1. The van der Waals surface area contributed by atoms with Gasteiger partial charge in [0.15, 0.2) is 0 Å². The van der Waals surface area contributed by atoms with Gasteiger partial charge in [0.2, 0.25) is 0 Å². The molecule has 0 saturated carbocycles. The first-order chi connectivity index (χ1) is 4.43. The Labute approximate surface area is 56.0 Å². The molecule has 0 aromatic rings. The highest BCUT2D eigenvalue weighted by Crippen LogP contribution is 2.12. The van der Waals surface area contributed by atoms with Crippen molar-refractivity contribution >= 4 is 0 Å². The van der Waals surface area contributed by atoms with Gasteiger partial charge in [0.25, 0.3) is 0 Å². The summed E-state index contributed by atoms with van der Waals surface area (Å²) in [5, 5.41) is 0. The molecule has 1 heteroatoms. The van der Waals surface area contributed by atoms with Crippen molar-refractivity contribution in [2.45, 2.75) is 25.4 Å². The van der Waals surface area contributed by atoms with Crippen LogP contribution in [-0.4, -0.2) is 6.10 Å². The van der Waals surface area contributed by atoms with E-state index >= 15 is 0 Å². The van der Waals surface area contributed by atoms with Gasteiger partial charge in [-0.05, 0) is 25.3 Å². The Balaban J connectivity index is 2.31. The maximum absolute atomic E-state index is 5.16. The molecule has 0 heterocycles. The molecule has 0 spiro atoms. The van der Waals surface area contributed by atoms with Crippen molar-refractivity contribution in [2.24, 2.45) is 0 Å². The molecule has 1 aliphatic rings. The molecule has 0 fully saturated rings. The smallest absolute Gasteiger partial charge is 0.116 e. The van der Waals surface area contributed by atoms with E-state index in [1.165, 1.54) is 19.1 Å². The highest BCUT2D eigenvalue weighted by molar-refractivity contribution is 4.94. The number of ether oxygens (including phenoxy) is 1. The van der Waals surface area contributed by atoms with Crippen LogP contribution in [0, 0.1) is 0 Å². The van der Waals surface area contributed by atoms with Gasteiger partial charge in [-0.3, -0.25) is 0 Å². The van der Waals surface area contributed by atoms with Crippen molar-refractivity contribution in [2.75, 3.05) is 0 Å². The van der Waals surface area contributed by atoms with E-state index in [2.05, 4.69) is 18.7 Å². The van der Waals surface area contributed by atoms with Crippen molar-refractivity contribution in [1.29, 1.82) is 0 Å². The van der Waals surface area contributed by atoms with Gasteiger partial charge in [-0.15, -0.1) is 0 Å². The van der Waals surface area contributed by atoms with Gasteiger partial charge < -0.3 is 4.74 Å². The quantitative estimate of drug-likeness (QED) is 0.405. The monoisotopic (exact) mass is 124 g/mol. The second kappa shape index (κ2) is 3.33. The largest absolute Gasteiger partial charge is 0.495 e. The van der Waals surface area contributed by atoms with E-state index < -0.39 is 0 Å². The van der Waals surface area contributed by atoms with E-state index in [-0.39, 0.29) is 0 Å². The summed E-state index contributed by atoms with van der Waals surface area (Å²) in [6, 6.07) is 0. The fourth-order valence-electron chi connectivity index (χ4n) is 1.02. The summed E-state index contributed by atoms with van der Waals surface area (Å²) >= 11 is 0. The van der Waals surface area contributed by atoms with Crippen LogP contribution in [0.1, 0.15) is 19.3 Å². The Hall–Kier alpha value is -0.720. The minimum atomic E-state index is 0.302. The molecule has 0 aliphatic heterocycles. The molecular weight excluding hydrogens is 112 g/mol. The van der Waals surface area contributed by atoms with E-state index in [9.17, 15) is 0 Å². The lowest BCUT2D eigenvalue weighted by Crippen LogP contribution is -2.08. The van der Waals surface area contributed by atoms with Crippen molar-refractivity contribution < 1.29 is 4.74 Å². The zero-order valence-electron chi connectivity index (χ0n) is 5.55. The van der Waals surface area contributed by atoms with Crippen LogP contribution >= 0.6 is 0 Å². The third-order valence-corrected chi connectivity index (χ3v) is 1.48. The summed E-state index contributed by atoms with van der Waals surface area (Å²) in [5.74, 6) is 0. The van der Waals surface area contributed by atoms with Gasteiger partial charge in [-0.2, -0.15) is 0 Å². The summed E-state index contributed by atoms with van der Waals surface area (Å²) in [5.41, 5.74) is 0. The third kappa shape index (κ3) is 1.92. The van der Waals surface area contributed by atoms with Gasteiger partial charge in [0.05, 0.1) is 6.26 Å². The Morgan fingerprint density at radius 1 is 1.67 bits per heavy atom. The zero-order chi connectivity index (χ0) is 6.53. The second-order valence-corrected chi connectivity index (χ2v) is 2.20. The van der Waals surface area contributed by atoms with E-state index in [0.717, 1.165) is 6.42 Å². The molecule has 0 aromatic carbocycles. The van der Waals surface area contributed by atoms with Crippen molar-refractivity contribution in [1.82, 2.24) is 0 Å². The van der Waals surface area contributed by atoms with E-state index in [0.29, 0.717) is 6.10 Å². The zero-order valence-corrected chi connectivity index (χ0v) is 5.55. The first kappa shape index (κ1) is 6.40. The minimum Gasteiger partial charge on any atom is -0.495 e. The molecule has 1 unspecified atom stereocenters. The first-order valence-corrected chi connectivity index (χ1v) is 3.36. The van der Waals surface area contributed by atoms with Crippen molar-refractivity contribution in [3.8, 4) is 0 Å². The molecule has 0 amide bonds. The van der Waals surface area contributed by atoms with Crippen molar-refractivity contribution in [3.05, 3.63) is 25.0 Å². The van der Waals surface area contributed by atoms with Gasteiger partial charge in [0.1, 0.15) is 6.10 Å². The Kier molecular flexibility index (Phi) is 2.37. The summed E-state index contributed by atoms with van der Waals surface area (Å²) in [6.07, 6.45) is 9.67. The first-order valence-electron chi connectivity index (χ1n) is 3.36. The Morgan fingerprint density at radius 2 is 2.56 bits per heavy atom. The van der Waals surface area contributed by atoms with Gasteiger partial charge >= 0.3 is 0 Å². The highest BCUT2D eigenvalue weighted by atomic mass is 16.5. The van der Waals surface area contributed by atoms with E-state index in [4.69, 9.17) is 4.74 Å².